The molecule has 0 fully saturated rings. The van der Waals surface area contributed by atoms with Crippen LogP contribution in [0, 0.1) is 6.92 Å². The number of aromatic nitrogens is 2. The maximum absolute atomic E-state index is 12.5. The summed E-state index contributed by atoms with van der Waals surface area (Å²) in [5, 5.41) is 10.4. The van der Waals surface area contributed by atoms with Gasteiger partial charge >= 0.3 is 6.03 Å². The second-order valence-electron chi connectivity index (χ2n) is 7.62. The van der Waals surface area contributed by atoms with Gasteiger partial charge in [-0.15, -0.1) is 0 Å². The number of urea groups is 1. The van der Waals surface area contributed by atoms with E-state index in [1.807, 2.05) is 37.3 Å². The van der Waals surface area contributed by atoms with Gasteiger partial charge in [-0.1, -0.05) is 44.5 Å². The fraction of sp³-hybridized carbons (Fsp3) is 0.238. The first kappa shape index (κ1) is 18.5. The van der Waals surface area contributed by atoms with Crippen molar-refractivity contribution in [1.82, 2.24) is 9.78 Å². The molecule has 1 aromatic heterocycles. The summed E-state index contributed by atoms with van der Waals surface area (Å²) in [6, 6.07) is 16.6. The molecule has 27 heavy (non-hydrogen) atoms. The summed E-state index contributed by atoms with van der Waals surface area (Å²) in [5.74, 6) is 0.602. The summed E-state index contributed by atoms with van der Waals surface area (Å²) in [6.45, 7) is 8.30. The molecule has 6 heteroatoms. The van der Waals surface area contributed by atoms with E-state index >= 15 is 0 Å². The minimum atomic E-state index is -0.352. The summed E-state index contributed by atoms with van der Waals surface area (Å²) in [6.07, 6.45) is 0. The zero-order valence-corrected chi connectivity index (χ0v) is 16.1. The number of nitrogen functional groups attached to an aromatic ring is 1. The number of carbonyl (C=O) groups excluding carboxylic acids is 1. The van der Waals surface area contributed by atoms with Gasteiger partial charge in [-0.05, 0) is 37.3 Å². The predicted molar refractivity (Wildman–Crippen MR) is 110 cm³/mol. The lowest BCUT2D eigenvalue weighted by Gasteiger charge is -2.14. The Morgan fingerprint density at radius 2 is 1.74 bits per heavy atom. The molecule has 0 radical (unpaired) electrons. The lowest BCUT2D eigenvalue weighted by Crippen LogP contribution is -2.21. The number of rotatable bonds is 3. The predicted octanol–water partition coefficient (Wildman–Crippen LogP) is 4.70. The average molecular weight is 363 g/mol. The lowest BCUT2D eigenvalue weighted by molar-refractivity contribution is 0.262. The Balaban J connectivity index is 1.90. The molecule has 0 aliphatic heterocycles. The minimum Gasteiger partial charge on any atom is -0.399 e. The van der Waals surface area contributed by atoms with Crippen LogP contribution in [0.25, 0.3) is 5.69 Å². The van der Waals surface area contributed by atoms with Gasteiger partial charge in [0.15, 0.2) is 0 Å². The smallest absolute Gasteiger partial charge is 0.324 e. The normalized spacial score (nSPS) is 11.3. The Morgan fingerprint density at radius 1 is 1.04 bits per heavy atom. The van der Waals surface area contributed by atoms with E-state index in [1.54, 1.807) is 28.9 Å². The first-order valence-corrected chi connectivity index (χ1v) is 8.83. The second kappa shape index (κ2) is 7.15. The number of nitrogens with one attached hydrogen (secondary N) is 2. The Morgan fingerprint density at radius 3 is 2.37 bits per heavy atom. The molecule has 0 aliphatic carbocycles. The van der Waals surface area contributed by atoms with E-state index in [1.165, 1.54) is 0 Å². The molecule has 140 valence electrons. The van der Waals surface area contributed by atoms with Crippen molar-refractivity contribution in [3.05, 3.63) is 65.9 Å². The Kier molecular flexibility index (Phi) is 4.90. The first-order chi connectivity index (χ1) is 12.7. The highest BCUT2D eigenvalue weighted by atomic mass is 16.2. The molecule has 1 heterocycles. The fourth-order valence-electron chi connectivity index (χ4n) is 2.61. The van der Waals surface area contributed by atoms with E-state index in [2.05, 4.69) is 31.4 Å². The molecule has 0 saturated heterocycles. The molecule has 2 amide bonds. The van der Waals surface area contributed by atoms with E-state index in [0.29, 0.717) is 17.2 Å². The van der Waals surface area contributed by atoms with Crippen LogP contribution in [-0.4, -0.2) is 15.8 Å². The van der Waals surface area contributed by atoms with Crippen molar-refractivity contribution in [1.29, 1.82) is 0 Å². The van der Waals surface area contributed by atoms with E-state index in [0.717, 1.165) is 16.9 Å². The summed E-state index contributed by atoms with van der Waals surface area (Å²) in [5.41, 5.74) is 9.78. The van der Waals surface area contributed by atoms with Gasteiger partial charge < -0.3 is 11.1 Å². The summed E-state index contributed by atoms with van der Waals surface area (Å²) >= 11 is 0. The van der Waals surface area contributed by atoms with Crippen molar-refractivity contribution in [3.8, 4) is 5.69 Å². The van der Waals surface area contributed by atoms with Gasteiger partial charge in [-0.2, -0.15) is 5.10 Å². The molecule has 3 rings (SSSR count). The van der Waals surface area contributed by atoms with Crippen molar-refractivity contribution in [2.24, 2.45) is 0 Å². The number of hydrogen-bond donors (Lipinski definition) is 3. The quantitative estimate of drug-likeness (QED) is 0.589. The number of hydrogen-bond acceptors (Lipinski definition) is 3. The molecule has 6 nitrogen and oxygen atoms in total. The van der Waals surface area contributed by atoms with E-state index in [9.17, 15) is 4.79 Å². The monoisotopic (exact) mass is 363 g/mol. The molecular weight excluding hydrogens is 338 g/mol. The molecule has 0 unspecified atom stereocenters. The number of amides is 2. The van der Waals surface area contributed by atoms with Crippen LogP contribution in [0.15, 0.2) is 54.6 Å². The second-order valence-corrected chi connectivity index (χ2v) is 7.62. The molecule has 0 saturated carbocycles. The van der Waals surface area contributed by atoms with Gasteiger partial charge in [-0.3, -0.25) is 5.32 Å². The van der Waals surface area contributed by atoms with Crippen molar-refractivity contribution in [3.63, 3.8) is 0 Å². The van der Waals surface area contributed by atoms with Crippen LogP contribution in [0.1, 0.15) is 32.0 Å². The van der Waals surface area contributed by atoms with Gasteiger partial charge in [0, 0.05) is 22.9 Å². The highest BCUT2D eigenvalue weighted by Crippen LogP contribution is 2.26. The average Bonchev–Trinajstić information content (AvgIpc) is 2.99. The van der Waals surface area contributed by atoms with Crippen molar-refractivity contribution in [2.75, 3.05) is 16.4 Å². The number of benzene rings is 2. The fourth-order valence-corrected chi connectivity index (χ4v) is 2.61. The van der Waals surface area contributed by atoms with E-state index in [-0.39, 0.29) is 11.4 Å². The van der Waals surface area contributed by atoms with Crippen LogP contribution in [0.3, 0.4) is 0 Å². The molecule has 3 aromatic rings. The van der Waals surface area contributed by atoms with Crippen LogP contribution in [0.5, 0.6) is 0 Å². The number of anilines is 3. The van der Waals surface area contributed by atoms with E-state index in [4.69, 9.17) is 10.8 Å². The number of aryl methyl sites for hydroxylation is 1. The van der Waals surface area contributed by atoms with Gasteiger partial charge in [0.2, 0.25) is 0 Å². The third-order valence-corrected chi connectivity index (χ3v) is 4.14. The third kappa shape index (κ3) is 4.47. The van der Waals surface area contributed by atoms with Crippen LogP contribution in [0.4, 0.5) is 22.0 Å². The summed E-state index contributed by atoms with van der Waals surface area (Å²) < 4.78 is 1.75. The SMILES string of the molecule is Cc1ccc(-n2nc(C(C)(C)C)cc2NC(=O)Nc2cccc(N)c2)cc1. The van der Waals surface area contributed by atoms with Crippen molar-refractivity contribution < 1.29 is 4.79 Å². The van der Waals surface area contributed by atoms with Gasteiger partial charge in [0.1, 0.15) is 5.82 Å². The van der Waals surface area contributed by atoms with Crippen LogP contribution in [-0.2, 0) is 5.41 Å². The maximum atomic E-state index is 12.5. The Hall–Kier alpha value is -3.28. The van der Waals surface area contributed by atoms with Crippen LogP contribution < -0.4 is 16.4 Å². The summed E-state index contributed by atoms with van der Waals surface area (Å²) in [7, 11) is 0. The van der Waals surface area contributed by atoms with Gasteiger partial charge in [0.25, 0.3) is 0 Å². The topological polar surface area (TPSA) is 85.0 Å². The number of nitrogens with two attached hydrogens (primary N) is 1. The zero-order chi connectivity index (χ0) is 19.6. The van der Waals surface area contributed by atoms with Crippen molar-refractivity contribution in [2.45, 2.75) is 33.1 Å². The number of carbonyl (C=O) groups is 1. The van der Waals surface area contributed by atoms with Crippen molar-refractivity contribution >= 4 is 23.2 Å². The van der Waals surface area contributed by atoms with Crippen LogP contribution in [0.2, 0.25) is 0 Å². The third-order valence-electron chi connectivity index (χ3n) is 4.14. The van der Waals surface area contributed by atoms with E-state index < -0.39 is 0 Å². The molecule has 0 atom stereocenters. The highest BCUT2D eigenvalue weighted by molar-refractivity contribution is 5.99. The molecule has 0 spiro atoms. The minimum absolute atomic E-state index is 0.142. The lowest BCUT2D eigenvalue weighted by atomic mass is 9.92. The first-order valence-electron chi connectivity index (χ1n) is 8.83. The van der Waals surface area contributed by atoms with Crippen LogP contribution >= 0.6 is 0 Å². The largest absolute Gasteiger partial charge is 0.399 e. The Labute approximate surface area is 159 Å². The summed E-state index contributed by atoms with van der Waals surface area (Å²) in [4.78, 5) is 12.5. The highest BCUT2D eigenvalue weighted by Gasteiger charge is 2.21. The zero-order valence-electron chi connectivity index (χ0n) is 16.1. The van der Waals surface area contributed by atoms with Gasteiger partial charge in [0.05, 0.1) is 11.4 Å². The molecular formula is C21H25N5O. The standard InChI is InChI=1S/C21H25N5O/c1-14-8-10-17(11-9-14)26-19(13-18(25-26)21(2,3)4)24-20(27)23-16-7-5-6-15(22)12-16/h5-13H,22H2,1-4H3,(H2,23,24,27). The molecule has 0 bridgehead atoms. The van der Waals surface area contributed by atoms with Gasteiger partial charge in [-0.25, -0.2) is 9.48 Å². The molecule has 2 aromatic carbocycles. The Bertz CT molecular complexity index is 951. The number of nitrogens with zero attached hydrogens (tertiary/aromatic N) is 2. The molecule has 0 aliphatic rings. The molecule has 4 N–H and O–H groups in total. The maximum Gasteiger partial charge on any atom is 0.324 e.